The SMILES string of the molecule is COc1cccc(C2/C(=C(/O)c3ccc(Br)cc3)C(=O)C(=O)N2c2nnc(SCc3ccccc3Cl)s2)c1. The van der Waals surface area contributed by atoms with E-state index in [-0.39, 0.29) is 16.5 Å². The number of ketones is 1. The van der Waals surface area contributed by atoms with Crippen molar-refractivity contribution in [1.82, 2.24) is 10.2 Å². The quantitative estimate of drug-likeness (QED) is 0.0784. The fraction of sp³-hybridized carbons (Fsp3) is 0.111. The highest BCUT2D eigenvalue weighted by molar-refractivity contribution is 9.10. The van der Waals surface area contributed by atoms with Gasteiger partial charge in [0.2, 0.25) is 5.13 Å². The molecule has 7 nitrogen and oxygen atoms in total. The Balaban J connectivity index is 1.56. The van der Waals surface area contributed by atoms with Gasteiger partial charge in [0.15, 0.2) is 4.34 Å². The Kier molecular flexibility index (Phi) is 7.85. The van der Waals surface area contributed by atoms with Crippen LogP contribution in [0, 0.1) is 0 Å². The van der Waals surface area contributed by atoms with Gasteiger partial charge in [-0.2, -0.15) is 0 Å². The van der Waals surface area contributed by atoms with Gasteiger partial charge < -0.3 is 9.84 Å². The molecule has 5 rings (SSSR count). The summed E-state index contributed by atoms with van der Waals surface area (Å²) < 4.78 is 6.80. The number of aliphatic hydroxyl groups is 1. The minimum absolute atomic E-state index is 0.0361. The Morgan fingerprint density at radius 3 is 2.61 bits per heavy atom. The third-order valence-electron chi connectivity index (χ3n) is 5.88. The molecule has 1 aliphatic heterocycles. The summed E-state index contributed by atoms with van der Waals surface area (Å²) in [4.78, 5) is 28.0. The van der Waals surface area contributed by atoms with Gasteiger partial charge in [-0.05, 0) is 41.5 Å². The molecular formula is C27H19BrClN3O4S2. The van der Waals surface area contributed by atoms with Crippen LogP contribution < -0.4 is 9.64 Å². The van der Waals surface area contributed by atoms with Crippen LogP contribution in [0.25, 0.3) is 5.76 Å². The zero-order valence-corrected chi connectivity index (χ0v) is 23.8. The second-order valence-electron chi connectivity index (χ2n) is 8.18. The Hall–Kier alpha value is -3.18. The number of Topliss-reactive ketones (excluding diaryl/α,β-unsaturated/α-hetero) is 1. The fourth-order valence-electron chi connectivity index (χ4n) is 4.03. The first-order valence-electron chi connectivity index (χ1n) is 11.3. The van der Waals surface area contributed by atoms with E-state index in [1.54, 1.807) is 48.5 Å². The van der Waals surface area contributed by atoms with Gasteiger partial charge in [-0.15, -0.1) is 10.2 Å². The summed E-state index contributed by atoms with van der Waals surface area (Å²) in [7, 11) is 1.53. The molecule has 1 saturated heterocycles. The van der Waals surface area contributed by atoms with E-state index in [0.29, 0.717) is 32.0 Å². The number of methoxy groups -OCH3 is 1. The van der Waals surface area contributed by atoms with E-state index in [1.807, 2.05) is 24.3 Å². The summed E-state index contributed by atoms with van der Waals surface area (Å²) in [6, 6.07) is 20.5. The maximum atomic E-state index is 13.4. The molecule has 1 aromatic heterocycles. The smallest absolute Gasteiger partial charge is 0.301 e. The van der Waals surface area contributed by atoms with Crippen molar-refractivity contribution < 1.29 is 19.4 Å². The van der Waals surface area contributed by atoms with Gasteiger partial charge in [-0.3, -0.25) is 14.5 Å². The number of carbonyl (C=O) groups excluding carboxylic acids is 2. The van der Waals surface area contributed by atoms with Crippen LogP contribution in [0.2, 0.25) is 5.02 Å². The predicted octanol–water partition coefficient (Wildman–Crippen LogP) is 6.88. The first-order chi connectivity index (χ1) is 18.4. The monoisotopic (exact) mass is 627 g/mol. The van der Waals surface area contributed by atoms with E-state index in [2.05, 4.69) is 26.1 Å². The van der Waals surface area contributed by atoms with E-state index in [1.165, 1.54) is 35.1 Å². The molecule has 0 spiro atoms. The molecule has 4 aromatic rings. The second kappa shape index (κ2) is 11.3. The largest absolute Gasteiger partial charge is 0.507 e. The molecule has 0 aliphatic carbocycles. The normalized spacial score (nSPS) is 16.7. The highest BCUT2D eigenvalue weighted by Crippen LogP contribution is 2.44. The number of halogens is 2. The zero-order valence-electron chi connectivity index (χ0n) is 19.8. The van der Waals surface area contributed by atoms with Crippen molar-refractivity contribution in [3.63, 3.8) is 0 Å². The van der Waals surface area contributed by atoms with Crippen LogP contribution in [0.15, 0.2) is 87.2 Å². The summed E-state index contributed by atoms with van der Waals surface area (Å²) >= 11 is 12.3. The molecule has 0 bridgehead atoms. The summed E-state index contributed by atoms with van der Waals surface area (Å²) in [5.41, 5.74) is 1.91. The minimum Gasteiger partial charge on any atom is -0.507 e. The third-order valence-corrected chi connectivity index (χ3v) is 8.88. The molecule has 38 heavy (non-hydrogen) atoms. The number of benzene rings is 3. The molecule has 1 unspecified atom stereocenters. The number of nitrogens with zero attached hydrogens (tertiary/aromatic N) is 3. The van der Waals surface area contributed by atoms with Crippen LogP contribution in [0.1, 0.15) is 22.7 Å². The molecule has 3 aromatic carbocycles. The van der Waals surface area contributed by atoms with E-state index >= 15 is 0 Å². The topological polar surface area (TPSA) is 92.6 Å². The lowest BCUT2D eigenvalue weighted by Crippen LogP contribution is -2.29. The van der Waals surface area contributed by atoms with Crippen molar-refractivity contribution in [1.29, 1.82) is 0 Å². The molecule has 1 fully saturated rings. The number of ether oxygens (including phenoxy) is 1. The number of hydrogen-bond acceptors (Lipinski definition) is 8. The van der Waals surface area contributed by atoms with Crippen LogP contribution in [0.3, 0.4) is 0 Å². The lowest BCUT2D eigenvalue weighted by molar-refractivity contribution is -0.132. The second-order valence-corrected chi connectivity index (χ2v) is 11.7. The van der Waals surface area contributed by atoms with E-state index in [9.17, 15) is 14.7 Å². The van der Waals surface area contributed by atoms with Crippen molar-refractivity contribution in [3.8, 4) is 5.75 Å². The first-order valence-corrected chi connectivity index (χ1v) is 14.2. The first kappa shape index (κ1) is 26.4. The van der Waals surface area contributed by atoms with Crippen molar-refractivity contribution in [2.75, 3.05) is 12.0 Å². The lowest BCUT2D eigenvalue weighted by Gasteiger charge is -2.22. The van der Waals surface area contributed by atoms with Gasteiger partial charge in [0, 0.05) is 20.8 Å². The molecular weight excluding hydrogens is 610 g/mol. The average molecular weight is 629 g/mol. The van der Waals surface area contributed by atoms with Gasteiger partial charge >= 0.3 is 5.91 Å². The van der Waals surface area contributed by atoms with Crippen LogP contribution in [-0.4, -0.2) is 34.1 Å². The van der Waals surface area contributed by atoms with Crippen molar-refractivity contribution in [2.45, 2.75) is 16.1 Å². The Morgan fingerprint density at radius 2 is 1.87 bits per heavy atom. The van der Waals surface area contributed by atoms with E-state index in [4.69, 9.17) is 16.3 Å². The number of carbonyl (C=O) groups is 2. The van der Waals surface area contributed by atoms with Crippen LogP contribution in [0.4, 0.5) is 5.13 Å². The van der Waals surface area contributed by atoms with Crippen molar-refractivity contribution >= 4 is 73.2 Å². The molecule has 1 amide bonds. The van der Waals surface area contributed by atoms with Gasteiger partial charge in [0.1, 0.15) is 11.5 Å². The highest BCUT2D eigenvalue weighted by atomic mass is 79.9. The minimum atomic E-state index is -0.928. The Morgan fingerprint density at radius 1 is 1.11 bits per heavy atom. The van der Waals surface area contributed by atoms with Gasteiger partial charge in [-0.25, -0.2) is 0 Å². The van der Waals surface area contributed by atoms with E-state index < -0.39 is 17.7 Å². The number of thioether (sulfide) groups is 1. The van der Waals surface area contributed by atoms with Gasteiger partial charge in [-0.1, -0.05) is 93.1 Å². The lowest BCUT2D eigenvalue weighted by atomic mass is 9.95. The van der Waals surface area contributed by atoms with Gasteiger partial charge in [0.05, 0.1) is 18.7 Å². The summed E-state index contributed by atoms with van der Waals surface area (Å²) in [5.74, 6) is -0.765. The number of anilines is 1. The van der Waals surface area contributed by atoms with Gasteiger partial charge in [0.25, 0.3) is 5.78 Å². The van der Waals surface area contributed by atoms with Crippen molar-refractivity contribution in [2.24, 2.45) is 0 Å². The molecule has 0 radical (unpaired) electrons. The number of amides is 1. The predicted molar refractivity (Wildman–Crippen MR) is 153 cm³/mol. The van der Waals surface area contributed by atoms with Crippen LogP contribution in [0.5, 0.6) is 5.75 Å². The molecule has 2 heterocycles. The maximum absolute atomic E-state index is 13.4. The summed E-state index contributed by atoms with van der Waals surface area (Å²) in [5, 5.41) is 20.6. The summed E-state index contributed by atoms with van der Waals surface area (Å²) in [6.07, 6.45) is 0. The molecule has 0 saturated carbocycles. The standard InChI is InChI=1S/C27H19BrClN3O4S2/c1-36-19-7-4-6-16(13-19)22-21(23(33)15-9-11-18(28)12-10-15)24(34)25(35)32(22)26-30-31-27(38-26)37-14-17-5-2-3-8-20(17)29/h2-13,22,33H,14H2,1H3/b23-21-. The number of aromatic nitrogens is 2. The Bertz CT molecular complexity index is 1560. The molecule has 1 atom stereocenters. The average Bonchev–Trinajstić information content (AvgIpc) is 3.50. The van der Waals surface area contributed by atoms with Crippen molar-refractivity contribution in [3.05, 3.63) is 105 Å². The third kappa shape index (κ3) is 5.22. The number of rotatable bonds is 7. The van der Waals surface area contributed by atoms with Crippen LogP contribution in [-0.2, 0) is 15.3 Å². The molecule has 1 N–H and O–H groups in total. The maximum Gasteiger partial charge on any atom is 0.301 e. The highest BCUT2D eigenvalue weighted by Gasteiger charge is 2.48. The molecule has 192 valence electrons. The zero-order chi connectivity index (χ0) is 26.8. The summed E-state index contributed by atoms with van der Waals surface area (Å²) in [6.45, 7) is 0. The van der Waals surface area contributed by atoms with E-state index in [0.717, 1.165) is 10.0 Å². The van der Waals surface area contributed by atoms with Crippen LogP contribution >= 0.6 is 50.6 Å². The fourth-order valence-corrected chi connectivity index (χ4v) is 6.45. The number of aliphatic hydroxyl groups excluding tert-OH is 1. The molecule has 11 heteroatoms. The Labute approximate surface area is 240 Å². The number of hydrogen-bond donors (Lipinski definition) is 1. The molecule has 1 aliphatic rings.